The van der Waals surface area contributed by atoms with Gasteiger partial charge in [0.1, 0.15) is 10.8 Å². The van der Waals surface area contributed by atoms with Gasteiger partial charge >= 0.3 is 6.61 Å². The number of halogens is 2. The first-order valence-electron chi connectivity index (χ1n) is 8.73. The molecule has 10 heteroatoms. The monoisotopic (exact) mass is 444 g/mol. The number of para-hydroxylation sites is 1. The molecule has 0 bridgehead atoms. The highest BCUT2D eigenvalue weighted by atomic mass is 32.1. The predicted molar refractivity (Wildman–Crippen MR) is 112 cm³/mol. The fraction of sp³-hybridized carbons (Fsp3) is 0.100. The zero-order valence-corrected chi connectivity index (χ0v) is 16.9. The fourth-order valence-corrected chi connectivity index (χ4v) is 4.21. The van der Waals surface area contributed by atoms with E-state index in [0.717, 1.165) is 10.6 Å². The molecule has 1 aromatic carbocycles. The van der Waals surface area contributed by atoms with Gasteiger partial charge in [-0.25, -0.2) is 9.97 Å². The lowest BCUT2D eigenvalue weighted by molar-refractivity contribution is -0.115. The van der Waals surface area contributed by atoms with E-state index in [0.29, 0.717) is 22.1 Å². The molecule has 0 aliphatic heterocycles. The normalized spacial score (nSPS) is 10.9. The molecule has 0 saturated carbocycles. The summed E-state index contributed by atoms with van der Waals surface area (Å²) in [6, 6.07) is 10.1. The van der Waals surface area contributed by atoms with Gasteiger partial charge in [0.2, 0.25) is 5.91 Å². The van der Waals surface area contributed by atoms with E-state index in [4.69, 9.17) is 0 Å². The van der Waals surface area contributed by atoms with E-state index < -0.39 is 6.61 Å². The molecule has 0 atom stereocenters. The van der Waals surface area contributed by atoms with Crippen LogP contribution in [0.3, 0.4) is 0 Å². The molecule has 0 spiro atoms. The van der Waals surface area contributed by atoms with Gasteiger partial charge < -0.3 is 10.1 Å². The van der Waals surface area contributed by atoms with E-state index in [2.05, 4.69) is 25.0 Å². The molecule has 0 unspecified atom stereocenters. The van der Waals surface area contributed by atoms with Gasteiger partial charge in [-0.15, -0.1) is 22.7 Å². The average molecular weight is 444 g/mol. The van der Waals surface area contributed by atoms with Crippen molar-refractivity contribution in [3.05, 3.63) is 65.2 Å². The van der Waals surface area contributed by atoms with Gasteiger partial charge in [0.05, 0.1) is 17.8 Å². The van der Waals surface area contributed by atoms with Crippen LogP contribution in [0.4, 0.5) is 13.9 Å². The second kappa shape index (κ2) is 9.06. The van der Waals surface area contributed by atoms with Gasteiger partial charge in [-0.2, -0.15) is 8.78 Å². The van der Waals surface area contributed by atoms with Crippen LogP contribution in [-0.4, -0.2) is 27.5 Å². The molecule has 6 nitrogen and oxygen atoms in total. The Morgan fingerprint density at radius 1 is 1.10 bits per heavy atom. The maximum Gasteiger partial charge on any atom is 0.387 e. The van der Waals surface area contributed by atoms with Crippen LogP contribution >= 0.6 is 22.7 Å². The molecule has 0 radical (unpaired) electrons. The third kappa shape index (κ3) is 4.84. The third-order valence-electron chi connectivity index (χ3n) is 3.93. The fourth-order valence-electron chi connectivity index (χ4n) is 2.67. The van der Waals surface area contributed by atoms with Crippen molar-refractivity contribution in [2.45, 2.75) is 13.0 Å². The van der Waals surface area contributed by atoms with Crippen LogP contribution in [0.25, 0.3) is 21.8 Å². The molecular weight excluding hydrogens is 430 g/mol. The number of alkyl halides is 2. The van der Waals surface area contributed by atoms with Crippen molar-refractivity contribution in [3.63, 3.8) is 0 Å². The molecule has 4 aromatic rings. The van der Waals surface area contributed by atoms with Crippen molar-refractivity contribution in [2.75, 3.05) is 5.32 Å². The van der Waals surface area contributed by atoms with Crippen molar-refractivity contribution in [1.82, 2.24) is 15.0 Å². The van der Waals surface area contributed by atoms with E-state index in [1.165, 1.54) is 28.7 Å². The van der Waals surface area contributed by atoms with Crippen molar-refractivity contribution in [3.8, 4) is 27.6 Å². The standard InChI is InChI=1S/C20H14F2N4O2S2/c21-19(22)28-16-6-2-1-5-14(16)15-11-30-20(25-15)26-17(27)8-13-10-29-18(24-13)12-4-3-7-23-9-12/h1-7,9-11,19H,8H2,(H,25,26,27). The lowest BCUT2D eigenvalue weighted by atomic mass is 10.1. The summed E-state index contributed by atoms with van der Waals surface area (Å²) in [6.07, 6.45) is 3.50. The number of amides is 1. The Hall–Kier alpha value is -3.24. The predicted octanol–water partition coefficient (Wildman–Crippen LogP) is 5.11. The van der Waals surface area contributed by atoms with E-state index >= 15 is 0 Å². The van der Waals surface area contributed by atoms with Crippen molar-refractivity contribution >= 4 is 33.7 Å². The van der Waals surface area contributed by atoms with Gasteiger partial charge in [0, 0.05) is 34.3 Å². The number of carbonyl (C=O) groups excluding carboxylic acids is 1. The summed E-state index contributed by atoms with van der Waals surface area (Å²) in [4.78, 5) is 25.2. The highest BCUT2D eigenvalue weighted by Crippen LogP contribution is 2.33. The molecule has 0 aliphatic carbocycles. The number of pyridine rings is 1. The second-order valence-corrected chi connectivity index (χ2v) is 7.74. The van der Waals surface area contributed by atoms with Crippen LogP contribution in [0, 0.1) is 0 Å². The van der Waals surface area contributed by atoms with Gasteiger partial charge in [-0.3, -0.25) is 9.78 Å². The molecule has 3 aromatic heterocycles. The minimum Gasteiger partial charge on any atom is -0.434 e. The first kappa shape index (κ1) is 20.0. The topological polar surface area (TPSA) is 77.0 Å². The number of benzene rings is 1. The Morgan fingerprint density at radius 2 is 1.97 bits per heavy atom. The van der Waals surface area contributed by atoms with Crippen LogP contribution in [0.15, 0.2) is 59.6 Å². The molecule has 30 heavy (non-hydrogen) atoms. The van der Waals surface area contributed by atoms with Crippen LogP contribution < -0.4 is 10.1 Å². The number of thiazole rings is 2. The van der Waals surface area contributed by atoms with Gasteiger partial charge in [-0.05, 0) is 24.3 Å². The van der Waals surface area contributed by atoms with Crippen LogP contribution in [0.5, 0.6) is 5.75 Å². The molecule has 152 valence electrons. The van der Waals surface area contributed by atoms with Crippen molar-refractivity contribution < 1.29 is 18.3 Å². The molecule has 0 fully saturated rings. The minimum atomic E-state index is -2.93. The summed E-state index contributed by atoms with van der Waals surface area (Å²) in [5, 5.41) is 7.38. The quantitative estimate of drug-likeness (QED) is 0.429. The zero-order valence-electron chi connectivity index (χ0n) is 15.3. The highest BCUT2D eigenvalue weighted by molar-refractivity contribution is 7.14. The highest BCUT2D eigenvalue weighted by Gasteiger charge is 2.15. The summed E-state index contributed by atoms with van der Waals surface area (Å²) >= 11 is 2.64. The molecule has 4 rings (SSSR count). The number of aromatic nitrogens is 3. The smallest absolute Gasteiger partial charge is 0.387 e. The molecule has 1 amide bonds. The lowest BCUT2D eigenvalue weighted by Crippen LogP contribution is -2.14. The van der Waals surface area contributed by atoms with E-state index in [9.17, 15) is 13.6 Å². The zero-order chi connectivity index (χ0) is 20.9. The summed E-state index contributed by atoms with van der Waals surface area (Å²) < 4.78 is 29.8. The molecule has 0 saturated heterocycles. The first-order valence-corrected chi connectivity index (χ1v) is 10.5. The Bertz CT molecular complexity index is 1150. The molecule has 1 N–H and O–H groups in total. The largest absolute Gasteiger partial charge is 0.434 e. The first-order chi connectivity index (χ1) is 14.6. The Morgan fingerprint density at radius 3 is 2.77 bits per heavy atom. The second-order valence-electron chi connectivity index (χ2n) is 6.02. The van der Waals surface area contributed by atoms with Crippen LogP contribution in [0.2, 0.25) is 0 Å². The number of carbonyl (C=O) groups is 1. The maximum absolute atomic E-state index is 12.6. The number of hydrogen-bond acceptors (Lipinski definition) is 7. The minimum absolute atomic E-state index is 0.0288. The SMILES string of the molecule is O=C(Cc1csc(-c2cccnc2)n1)Nc1nc(-c2ccccc2OC(F)F)cs1. The van der Waals surface area contributed by atoms with E-state index in [1.807, 2.05) is 17.5 Å². The average Bonchev–Trinajstić information content (AvgIpc) is 3.38. The summed E-state index contributed by atoms with van der Waals surface area (Å²) in [5.74, 6) is -0.239. The maximum atomic E-state index is 12.6. The number of rotatable bonds is 7. The third-order valence-corrected chi connectivity index (χ3v) is 5.63. The van der Waals surface area contributed by atoms with Gasteiger partial charge in [0.15, 0.2) is 5.13 Å². The van der Waals surface area contributed by atoms with Crippen molar-refractivity contribution in [2.24, 2.45) is 0 Å². The van der Waals surface area contributed by atoms with Gasteiger partial charge in [-0.1, -0.05) is 12.1 Å². The lowest BCUT2D eigenvalue weighted by Gasteiger charge is -2.08. The number of ether oxygens (including phenoxy) is 1. The van der Waals surface area contributed by atoms with E-state index in [-0.39, 0.29) is 18.1 Å². The number of hydrogen-bond donors (Lipinski definition) is 1. The Kier molecular flexibility index (Phi) is 6.05. The summed E-state index contributed by atoms with van der Waals surface area (Å²) in [6.45, 7) is -2.93. The molecule has 3 heterocycles. The molecule has 0 aliphatic rings. The number of anilines is 1. The Balaban J connectivity index is 1.42. The van der Waals surface area contributed by atoms with Crippen molar-refractivity contribution in [1.29, 1.82) is 0 Å². The summed E-state index contributed by atoms with van der Waals surface area (Å²) in [7, 11) is 0. The van der Waals surface area contributed by atoms with Crippen LogP contribution in [0.1, 0.15) is 5.69 Å². The Labute approximate surface area is 178 Å². The summed E-state index contributed by atoms with van der Waals surface area (Å²) in [5.41, 5.74) is 2.40. The van der Waals surface area contributed by atoms with Gasteiger partial charge in [0.25, 0.3) is 0 Å². The van der Waals surface area contributed by atoms with Crippen LogP contribution in [-0.2, 0) is 11.2 Å². The number of nitrogens with zero attached hydrogens (tertiary/aromatic N) is 3. The number of nitrogens with one attached hydrogen (secondary N) is 1. The van der Waals surface area contributed by atoms with E-state index in [1.54, 1.807) is 36.0 Å². The molecular formula is C20H14F2N4O2S2.